The van der Waals surface area contributed by atoms with Crippen LogP contribution in [0.2, 0.25) is 0 Å². The lowest BCUT2D eigenvalue weighted by Crippen LogP contribution is -2.30. The van der Waals surface area contributed by atoms with E-state index >= 15 is 0 Å². The van der Waals surface area contributed by atoms with Gasteiger partial charge in [0.05, 0.1) is 19.4 Å². The average Bonchev–Trinajstić information content (AvgIpc) is 2.99. The smallest absolute Gasteiger partial charge is 0.281 e. The topological polar surface area (TPSA) is 50.8 Å². The third kappa shape index (κ3) is 4.17. The third-order valence-corrected chi connectivity index (χ3v) is 4.70. The van der Waals surface area contributed by atoms with Gasteiger partial charge in [0.15, 0.2) is 16.6 Å². The standard InChI is InChI=1S/C22H24N2O3S/c1-4-11-27-19-10-9-16(14-20(19)26-3)13-18-21(25)24(22(28)23-18)17-8-6-7-15(5-2)12-17/h6-10,12-14H,4-5,11H2,1-3H3,(H,23,28)/b18-13-. The molecule has 3 rings (SSSR count). The van der Waals surface area contributed by atoms with E-state index in [2.05, 4.69) is 12.2 Å². The van der Waals surface area contributed by atoms with Gasteiger partial charge in [-0.3, -0.25) is 9.69 Å². The lowest BCUT2D eigenvalue weighted by Gasteiger charge is -2.14. The van der Waals surface area contributed by atoms with Crippen molar-refractivity contribution < 1.29 is 14.3 Å². The molecule has 1 heterocycles. The molecule has 6 heteroatoms. The molecular formula is C22H24N2O3S. The number of rotatable bonds is 7. The van der Waals surface area contributed by atoms with Crippen molar-refractivity contribution >= 4 is 35.0 Å². The molecule has 146 valence electrons. The molecular weight excluding hydrogens is 372 g/mol. The SMILES string of the molecule is CCCOc1ccc(/C=C2\NC(=S)N(c3cccc(CC)c3)C2=O)cc1OC. The fraction of sp³-hybridized carbons (Fsp3) is 0.273. The van der Waals surface area contributed by atoms with Gasteiger partial charge in [0.2, 0.25) is 0 Å². The van der Waals surface area contributed by atoms with Crippen molar-refractivity contribution in [2.24, 2.45) is 0 Å². The summed E-state index contributed by atoms with van der Waals surface area (Å²) in [6, 6.07) is 13.4. The molecule has 0 unspecified atom stereocenters. The average molecular weight is 397 g/mol. The highest BCUT2D eigenvalue weighted by atomic mass is 32.1. The van der Waals surface area contributed by atoms with E-state index in [1.807, 2.05) is 49.4 Å². The minimum absolute atomic E-state index is 0.177. The van der Waals surface area contributed by atoms with Crippen LogP contribution in [0.4, 0.5) is 5.69 Å². The van der Waals surface area contributed by atoms with Crippen molar-refractivity contribution in [3.05, 3.63) is 59.3 Å². The molecule has 0 saturated carbocycles. The molecule has 1 fully saturated rings. The highest BCUT2D eigenvalue weighted by Gasteiger charge is 2.32. The molecule has 0 bridgehead atoms. The molecule has 5 nitrogen and oxygen atoms in total. The zero-order valence-electron chi connectivity index (χ0n) is 16.3. The maximum absolute atomic E-state index is 12.9. The molecule has 1 aliphatic rings. The van der Waals surface area contributed by atoms with Crippen molar-refractivity contribution in [2.75, 3.05) is 18.6 Å². The van der Waals surface area contributed by atoms with Crippen molar-refractivity contribution in [1.29, 1.82) is 0 Å². The van der Waals surface area contributed by atoms with Crippen LogP contribution in [0.5, 0.6) is 11.5 Å². The summed E-state index contributed by atoms with van der Waals surface area (Å²) < 4.78 is 11.1. The molecule has 1 amide bonds. The van der Waals surface area contributed by atoms with Gasteiger partial charge in [-0.1, -0.05) is 32.0 Å². The van der Waals surface area contributed by atoms with Crippen LogP contribution in [0.25, 0.3) is 6.08 Å². The Kier molecular flexibility index (Phi) is 6.31. The number of nitrogens with one attached hydrogen (secondary N) is 1. The van der Waals surface area contributed by atoms with Gasteiger partial charge in [0, 0.05) is 0 Å². The Balaban J connectivity index is 1.87. The maximum atomic E-state index is 12.9. The van der Waals surface area contributed by atoms with Gasteiger partial charge in [-0.2, -0.15) is 0 Å². The number of aryl methyl sites for hydroxylation is 1. The van der Waals surface area contributed by atoms with Gasteiger partial charge in [-0.05, 0) is 66.5 Å². The van der Waals surface area contributed by atoms with Crippen LogP contribution in [0.3, 0.4) is 0 Å². The summed E-state index contributed by atoms with van der Waals surface area (Å²) in [6.07, 6.45) is 3.58. The number of carbonyl (C=O) groups excluding carboxylic acids is 1. The van der Waals surface area contributed by atoms with Crippen LogP contribution in [0, 0.1) is 0 Å². The first kappa shape index (κ1) is 19.9. The second-order valence-electron chi connectivity index (χ2n) is 6.41. The fourth-order valence-electron chi connectivity index (χ4n) is 2.96. The lowest BCUT2D eigenvalue weighted by atomic mass is 10.1. The lowest BCUT2D eigenvalue weighted by molar-refractivity contribution is -0.113. The van der Waals surface area contributed by atoms with E-state index in [1.165, 1.54) is 4.90 Å². The summed E-state index contributed by atoms with van der Waals surface area (Å²) in [5.41, 5.74) is 3.17. The minimum Gasteiger partial charge on any atom is -0.493 e. The molecule has 28 heavy (non-hydrogen) atoms. The second kappa shape index (κ2) is 8.89. The first-order valence-electron chi connectivity index (χ1n) is 9.34. The number of anilines is 1. The normalized spacial score (nSPS) is 15.1. The zero-order chi connectivity index (χ0) is 20.1. The minimum atomic E-state index is -0.177. The van der Waals surface area contributed by atoms with Crippen molar-refractivity contribution in [2.45, 2.75) is 26.7 Å². The Morgan fingerprint density at radius 1 is 1.14 bits per heavy atom. The summed E-state index contributed by atoms with van der Waals surface area (Å²) >= 11 is 5.40. The largest absolute Gasteiger partial charge is 0.493 e. The monoisotopic (exact) mass is 396 g/mol. The third-order valence-electron chi connectivity index (χ3n) is 4.42. The van der Waals surface area contributed by atoms with Crippen LogP contribution in [0.1, 0.15) is 31.4 Å². The number of ether oxygens (including phenoxy) is 2. The number of hydrogen-bond donors (Lipinski definition) is 1. The van der Waals surface area contributed by atoms with E-state index in [4.69, 9.17) is 21.7 Å². The van der Waals surface area contributed by atoms with E-state index < -0.39 is 0 Å². The van der Waals surface area contributed by atoms with E-state index in [0.29, 0.717) is 28.9 Å². The predicted octanol–water partition coefficient (Wildman–Crippen LogP) is 4.31. The quantitative estimate of drug-likeness (QED) is 0.558. The van der Waals surface area contributed by atoms with Crippen LogP contribution in [-0.2, 0) is 11.2 Å². The Hall–Kier alpha value is -2.86. The van der Waals surface area contributed by atoms with Gasteiger partial charge in [-0.15, -0.1) is 0 Å². The predicted molar refractivity (Wildman–Crippen MR) is 116 cm³/mol. The Morgan fingerprint density at radius 2 is 1.96 bits per heavy atom. The molecule has 0 aromatic heterocycles. The van der Waals surface area contributed by atoms with E-state index in [1.54, 1.807) is 13.2 Å². The summed E-state index contributed by atoms with van der Waals surface area (Å²) in [5, 5.41) is 3.40. The summed E-state index contributed by atoms with van der Waals surface area (Å²) in [7, 11) is 1.60. The molecule has 0 spiro atoms. The van der Waals surface area contributed by atoms with Gasteiger partial charge >= 0.3 is 0 Å². The van der Waals surface area contributed by atoms with Gasteiger partial charge in [0.1, 0.15) is 5.70 Å². The van der Waals surface area contributed by atoms with Crippen LogP contribution < -0.4 is 19.7 Å². The zero-order valence-corrected chi connectivity index (χ0v) is 17.1. The molecule has 0 aliphatic carbocycles. The highest BCUT2D eigenvalue weighted by molar-refractivity contribution is 7.80. The second-order valence-corrected chi connectivity index (χ2v) is 6.80. The van der Waals surface area contributed by atoms with Crippen LogP contribution in [-0.4, -0.2) is 24.7 Å². The number of carbonyl (C=O) groups is 1. The fourth-order valence-corrected chi connectivity index (χ4v) is 3.26. The van der Waals surface area contributed by atoms with Gasteiger partial charge in [-0.25, -0.2) is 0 Å². The number of hydrogen-bond acceptors (Lipinski definition) is 4. The van der Waals surface area contributed by atoms with Crippen molar-refractivity contribution in [3.8, 4) is 11.5 Å². The number of benzene rings is 2. The Morgan fingerprint density at radius 3 is 2.68 bits per heavy atom. The summed E-state index contributed by atoms with van der Waals surface area (Å²) in [4.78, 5) is 14.5. The molecule has 2 aromatic rings. The van der Waals surface area contributed by atoms with Gasteiger partial charge < -0.3 is 14.8 Å². The number of amides is 1. The molecule has 2 aromatic carbocycles. The van der Waals surface area contributed by atoms with Crippen molar-refractivity contribution in [3.63, 3.8) is 0 Å². The van der Waals surface area contributed by atoms with Crippen LogP contribution in [0.15, 0.2) is 48.2 Å². The van der Waals surface area contributed by atoms with E-state index in [9.17, 15) is 4.79 Å². The Bertz CT molecular complexity index is 924. The first-order valence-corrected chi connectivity index (χ1v) is 9.75. The molecule has 1 N–H and O–H groups in total. The van der Waals surface area contributed by atoms with Crippen molar-refractivity contribution in [1.82, 2.24) is 5.32 Å². The summed E-state index contributed by atoms with van der Waals surface area (Å²) in [5.74, 6) is 1.14. The maximum Gasteiger partial charge on any atom is 0.281 e. The molecule has 1 saturated heterocycles. The number of thiocarbonyl (C=S) groups is 1. The molecule has 1 aliphatic heterocycles. The number of nitrogens with zero attached hydrogens (tertiary/aromatic N) is 1. The first-order chi connectivity index (χ1) is 13.6. The van der Waals surface area contributed by atoms with Crippen LogP contribution >= 0.6 is 12.2 Å². The molecule has 0 radical (unpaired) electrons. The highest BCUT2D eigenvalue weighted by Crippen LogP contribution is 2.30. The Labute approximate surface area is 170 Å². The van der Waals surface area contributed by atoms with Gasteiger partial charge in [0.25, 0.3) is 5.91 Å². The summed E-state index contributed by atoms with van der Waals surface area (Å²) in [6.45, 7) is 4.75. The van der Waals surface area contributed by atoms with E-state index in [-0.39, 0.29) is 5.91 Å². The molecule has 0 atom stereocenters. The number of methoxy groups -OCH3 is 1. The van der Waals surface area contributed by atoms with E-state index in [0.717, 1.165) is 29.7 Å².